The Labute approximate surface area is 217 Å². The predicted molar refractivity (Wildman–Crippen MR) is 141 cm³/mol. The van der Waals surface area contributed by atoms with Gasteiger partial charge in [-0.2, -0.15) is 0 Å². The van der Waals surface area contributed by atoms with Crippen molar-refractivity contribution in [2.45, 2.75) is 57.2 Å². The number of rotatable bonds is 9. The molecule has 1 atom stereocenters. The second-order valence-corrected chi connectivity index (χ2v) is 10.0. The van der Waals surface area contributed by atoms with Gasteiger partial charge in [-0.25, -0.2) is 0 Å². The number of hydrogen-bond donors (Lipinski definition) is 1. The van der Waals surface area contributed by atoms with E-state index in [1.54, 1.807) is 23.1 Å². The lowest BCUT2D eigenvalue weighted by atomic mass is 10.0. The minimum atomic E-state index is -0.642. The van der Waals surface area contributed by atoms with Crippen LogP contribution in [-0.2, 0) is 29.0 Å². The third-order valence-electron chi connectivity index (χ3n) is 6.48. The first kappa shape index (κ1) is 25.3. The standard InChI is InChI=1S/C29H30Cl2N2O2/c30-24-15-13-22(14-16-24)19-28(34)33(20-23-9-6-10-25(31)17-23)27(18-21-7-2-1-3-8-21)29(35)32-26-11-4-5-12-26/h1-3,6-10,13-17,26-27H,4-5,11-12,18-20H2,(H,32,35)/t27-/m1/s1. The summed E-state index contributed by atoms with van der Waals surface area (Å²) in [5.41, 5.74) is 2.74. The molecular formula is C29H30Cl2N2O2. The molecule has 0 unspecified atom stereocenters. The molecule has 35 heavy (non-hydrogen) atoms. The summed E-state index contributed by atoms with van der Waals surface area (Å²) < 4.78 is 0. The van der Waals surface area contributed by atoms with Crippen LogP contribution in [0, 0.1) is 0 Å². The smallest absolute Gasteiger partial charge is 0.243 e. The van der Waals surface area contributed by atoms with Gasteiger partial charge >= 0.3 is 0 Å². The molecule has 0 spiro atoms. The van der Waals surface area contributed by atoms with Crippen LogP contribution in [0.2, 0.25) is 10.0 Å². The van der Waals surface area contributed by atoms with Crippen LogP contribution in [0.5, 0.6) is 0 Å². The summed E-state index contributed by atoms with van der Waals surface area (Å²) in [7, 11) is 0. The fourth-order valence-electron chi connectivity index (χ4n) is 4.63. The molecule has 1 saturated carbocycles. The van der Waals surface area contributed by atoms with Crippen LogP contribution in [0.1, 0.15) is 42.4 Å². The van der Waals surface area contributed by atoms with E-state index >= 15 is 0 Å². The largest absolute Gasteiger partial charge is 0.352 e. The lowest BCUT2D eigenvalue weighted by molar-refractivity contribution is -0.141. The molecule has 0 saturated heterocycles. The summed E-state index contributed by atoms with van der Waals surface area (Å²) in [4.78, 5) is 29.1. The van der Waals surface area contributed by atoms with Gasteiger partial charge in [0.05, 0.1) is 6.42 Å². The van der Waals surface area contributed by atoms with E-state index < -0.39 is 6.04 Å². The van der Waals surface area contributed by atoms with E-state index in [4.69, 9.17) is 23.2 Å². The maximum absolute atomic E-state index is 13.7. The van der Waals surface area contributed by atoms with Crippen molar-refractivity contribution in [1.82, 2.24) is 10.2 Å². The Kier molecular flexibility index (Phi) is 8.84. The Bertz CT molecular complexity index is 1130. The van der Waals surface area contributed by atoms with E-state index in [-0.39, 0.29) is 24.3 Å². The predicted octanol–water partition coefficient (Wildman–Crippen LogP) is 6.23. The average molecular weight is 509 g/mol. The van der Waals surface area contributed by atoms with Crippen molar-refractivity contribution in [3.05, 3.63) is 106 Å². The Morgan fingerprint density at radius 3 is 2.20 bits per heavy atom. The van der Waals surface area contributed by atoms with Gasteiger partial charge in [0, 0.05) is 29.1 Å². The molecular weight excluding hydrogens is 479 g/mol. The molecule has 0 aliphatic heterocycles. The second-order valence-electron chi connectivity index (χ2n) is 9.15. The van der Waals surface area contributed by atoms with Crippen LogP contribution < -0.4 is 5.32 Å². The molecule has 4 nitrogen and oxygen atoms in total. The van der Waals surface area contributed by atoms with Crippen LogP contribution in [0.3, 0.4) is 0 Å². The van der Waals surface area contributed by atoms with Gasteiger partial charge in [0.15, 0.2) is 0 Å². The maximum Gasteiger partial charge on any atom is 0.243 e. The Morgan fingerprint density at radius 1 is 0.829 bits per heavy atom. The highest BCUT2D eigenvalue weighted by atomic mass is 35.5. The zero-order valence-corrected chi connectivity index (χ0v) is 21.1. The number of amides is 2. The molecule has 1 N–H and O–H groups in total. The van der Waals surface area contributed by atoms with Crippen molar-refractivity contribution in [3.8, 4) is 0 Å². The SMILES string of the molecule is O=C(NC1CCCC1)[C@@H](Cc1ccccc1)N(Cc1cccc(Cl)c1)C(=O)Cc1ccc(Cl)cc1. The first-order valence-corrected chi connectivity index (χ1v) is 12.9. The quantitative estimate of drug-likeness (QED) is 0.372. The summed E-state index contributed by atoms with van der Waals surface area (Å²) in [6.45, 7) is 0.294. The molecule has 2 amide bonds. The second kappa shape index (κ2) is 12.2. The molecule has 1 fully saturated rings. The number of carbonyl (C=O) groups is 2. The van der Waals surface area contributed by atoms with Gasteiger partial charge < -0.3 is 10.2 Å². The van der Waals surface area contributed by atoms with E-state index in [0.29, 0.717) is 23.0 Å². The van der Waals surface area contributed by atoms with Crippen molar-refractivity contribution in [2.24, 2.45) is 0 Å². The number of halogens is 2. The number of benzene rings is 3. The van der Waals surface area contributed by atoms with Gasteiger partial charge in [-0.05, 0) is 53.8 Å². The van der Waals surface area contributed by atoms with Gasteiger partial charge in [0.1, 0.15) is 6.04 Å². The minimum Gasteiger partial charge on any atom is -0.352 e. The number of carbonyl (C=O) groups excluding carboxylic acids is 2. The lowest BCUT2D eigenvalue weighted by Gasteiger charge is -2.32. The van der Waals surface area contributed by atoms with Crippen molar-refractivity contribution in [1.29, 1.82) is 0 Å². The van der Waals surface area contributed by atoms with E-state index in [9.17, 15) is 9.59 Å². The first-order chi connectivity index (χ1) is 17.0. The Balaban J connectivity index is 1.65. The topological polar surface area (TPSA) is 49.4 Å². The molecule has 4 rings (SSSR count). The molecule has 0 radical (unpaired) electrons. The maximum atomic E-state index is 13.7. The summed E-state index contributed by atoms with van der Waals surface area (Å²) >= 11 is 12.3. The molecule has 0 heterocycles. The number of hydrogen-bond acceptors (Lipinski definition) is 2. The van der Waals surface area contributed by atoms with E-state index in [1.165, 1.54) is 0 Å². The fraction of sp³-hybridized carbons (Fsp3) is 0.310. The van der Waals surface area contributed by atoms with Gasteiger partial charge in [-0.3, -0.25) is 9.59 Å². The minimum absolute atomic E-state index is 0.104. The zero-order valence-electron chi connectivity index (χ0n) is 19.6. The van der Waals surface area contributed by atoms with E-state index in [0.717, 1.165) is 42.4 Å². The molecule has 0 bridgehead atoms. The highest BCUT2D eigenvalue weighted by Gasteiger charge is 2.32. The van der Waals surface area contributed by atoms with Crippen LogP contribution in [0.15, 0.2) is 78.9 Å². The third-order valence-corrected chi connectivity index (χ3v) is 6.97. The van der Waals surface area contributed by atoms with Crippen LogP contribution in [-0.4, -0.2) is 28.8 Å². The van der Waals surface area contributed by atoms with Crippen molar-refractivity contribution in [3.63, 3.8) is 0 Å². The molecule has 6 heteroatoms. The summed E-state index contributed by atoms with van der Waals surface area (Å²) in [6, 6.07) is 24.1. The summed E-state index contributed by atoms with van der Waals surface area (Å²) in [6.07, 6.45) is 4.83. The monoisotopic (exact) mass is 508 g/mol. The van der Waals surface area contributed by atoms with Gasteiger partial charge in [0.25, 0.3) is 0 Å². The van der Waals surface area contributed by atoms with Gasteiger partial charge in [-0.1, -0.05) is 90.6 Å². The molecule has 0 aromatic heterocycles. The van der Waals surface area contributed by atoms with Crippen LogP contribution in [0.25, 0.3) is 0 Å². The van der Waals surface area contributed by atoms with Crippen LogP contribution >= 0.6 is 23.2 Å². The van der Waals surface area contributed by atoms with E-state index in [1.807, 2.05) is 60.7 Å². The van der Waals surface area contributed by atoms with Crippen molar-refractivity contribution >= 4 is 35.0 Å². The summed E-state index contributed by atoms with van der Waals surface area (Å²) in [5.74, 6) is -0.220. The molecule has 1 aliphatic rings. The highest BCUT2D eigenvalue weighted by Crippen LogP contribution is 2.22. The van der Waals surface area contributed by atoms with Crippen molar-refractivity contribution in [2.75, 3.05) is 0 Å². The first-order valence-electron chi connectivity index (χ1n) is 12.1. The number of nitrogens with zero attached hydrogens (tertiary/aromatic N) is 1. The van der Waals surface area contributed by atoms with Gasteiger partial charge in [-0.15, -0.1) is 0 Å². The van der Waals surface area contributed by atoms with Crippen molar-refractivity contribution < 1.29 is 9.59 Å². The van der Waals surface area contributed by atoms with Crippen LogP contribution in [0.4, 0.5) is 0 Å². The Hall–Kier alpha value is -2.82. The fourth-order valence-corrected chi connectivity index (χ4v) is 4.97. The lowest BCUT2D eigenvalue weighted by Crippen LogP contribution is -2.52. The summed E-state index contributed by atoms with van der Waals surface area (Å²) in [5, 5.41) is 4.45. The normalized spacial score (nSPS) is 14.5. The third kappa shape index (κ3) is 7.33. The number of nitrogens with one attached hydrogen (secondary N) is 1. The zero-order chi connectivity index (χ0) is 24.6. The Morgan fingerprint density at radius 2 is 1.51 bits per heavy atom. The highest BCUT2D eigenvalue weighted by molar-refractivity contribution is 6.30. The average Bonchev–Trinajstić information content (AvgIpc) is 3.36. The van der Waals surface area contributed by atoms with Gasteiger partial charge in [0.2, 0.25) is 11.8 Å². The van der Waals surface area contributed by atoms with E-state index in [2.05, 4.69) is 5.32 Å². The molecule has 3 aromatic rings. The molecule has 3 aromatic carbocycles. The molecule has 1 aliphatic carbocycles. The molecule has 182 valence electrons.